The van der Waals surface area contributed by atoms with Crippen molar-refractivity contribution in [3.8, 4) is 5.75 Å². The molecule has 2 N–H and O–H groups in total. The number of hydrogen-bond acceptors (Lipinski definition) is 5. The topological polar surface area (TPSA) is 71.7 Å². The maximum atomic E-state index is 12.7. The quantitative estimate of drug-likeness (QED) is 0.900. The van der Waals surface area contributed by atoms with E-state index in [2.05, 4.69) is 16.0 Å². The molecule has 0 bridgehead atoms. The summed E-state index contributed by atoms with van der Waals surface area (Å²) in [5.41, 5.74) is 8.08. The fourth-order valence-electron chi connectivity index (χ4n) is 3.05. The van der Waals surface area contributed by atoms with Crippen LogP contribution in [0.15, 0.2) is 42.6 Å². The Balaban J connectivity index is 1.66. The van der Waals surface area contributed by atoms with Crippen molar-refractivity contribution in [3.63, 3.8) is 0 Å². The summed E-state index contributed by atoms with van der Waals surface area (Å²) in [5.74, 6) is 0.932. The Morgan fingerprint density at radius 1 is 1.20 bits per heavy atom. The average Bonchev–Trinajstić information content (AvgIpc) is 2.68. The lowest BCUT2D eigenvalue weighted by Crippen LogP contribution is -2.48. The lowest BCUT2D eigenvalue weighted by molar-refractivity contribution is 0.0746. The van der Waals surface area contributed by atoms with Crippen LogP contribution in [0, 0.1) is 0 Å². The Morgan fingerprint density at radius 3 is 2.68 bits per heavy atom. The number of carbonyl (C=O) groups excluding carboxylic acids is 1. The first-order chi connectivity index (χ1) is 12.2. The summed E-state index contributed by atoms with van der Waals surface area (Å²) in [6.07, 6.45) is 1.64. The first kappa shape index (κ1) is 17.2. The number of rotatable bonds is 5. The van der Waals surface area contributed by atoms with E-state index in [4.69, 9.17) is 10.5 Å². The molecular weight excluding hydrogens is 316 g/mol. The number of piperazine rings is 1. The van der Waals surface area contributed by atoms with Gasteiger partial charge in [0.05, 0.1) is 18.0 Å². The van der Waals surface area contributed by atoms with Crippen LogP contribution in [0.3, 0.4) is 0 Å². The molecule has 0 aliphatic carbocycles. The molecule has 2 aromatic rings. The molecule has 0 atom stereocenters. The van der Waals surface area contributed by atoms with Crippen LogP contribution in [0.2, 0.25) is 0 Å². The third-order valence-electron chi connectivity index (χ3n) is 4.35. The second kappa shape index (κ2) is 7.98. The van der Waals surface area contributed by atoms with Crippen LogP contribution >= 0.6 is 0 Å². The summed E-state index contributed by atoms with van der Waals surface area (Å²) < 4.78 is 5.72. The van der Waals surface area contributed by atoms with Crippen LogP contribution in [0.4, 0.5) is 5.69 Å². The van der Waals surface area contributed by atoms with Crippen LogP contribution in [0.1, 0.15) is 23.0 Å². The SMILES string of the molecule is CCOc1ccccc1N1CCN(C(=O)c2ccnc(CN)c2)CC1. The maximum absolute atomic E-state index is 12.7. The maximum Gasteiger partial charge on any atom is 0.254 e. The number of benzene rings is 1. The van der Waals surface area contributed by atoms with Crippen molar-refractivity contribution in [2.75, 3.05) is 37.7 Å². The van der Waals surface area contributed by atoms with Gasteiger partial charge in [0.25, 0.3) is 5.91 Å². The van der Waals surface area contributed by atoms with Crippen LogP contribution < -0.4 is 15.4 Å². The summed E-state index contributed by atoms with van der Waals surface area (Å²) in [5, 5.41) is 0. The predicted molar refractivity (Wildman–Crippen MR) is 97.9 cm³/mol. The largest absolute Gasteiger partial charge is 0.492 e. The molecule has 1 aromatic heterocycles. The van der Waals surface area contributed by atoms with Gasteiger partial charge in [0, 0.05) is 44.5 Å². The van der Waals surface area contributed by atoms with Crippen LogP contribution in [-0.2, 0) is 6.54 Å². The molecule has 1 aliphatic heterocycles. The minimum Gasteiger partial charge on any atom is -0.492 e. The van der Waals surface area contributed by atoms with Crippen molar-refractivity contribution in [1.29, 1.82) is 0 Å². The molecule has 3 rings (SSSR count). The lowest BCUT2D eigenvalue weighted by atomic mass is 10.1. The summed E-state index contributed by atoms with van der Waals surface area (Å²) in [6.45, 7) is 5.89. The van der Waals surface area contributed by atoms with Gasteiger partial charge < -0.3 is 20.3 Å². The lowest BCUT2D eigenvalue weighted by Gasteiger charge is -2.36. The number of nitrogens with zero attached hydrogens (tertiary/aromatic N) is 3. The van der Waals surface area contributed by atoms with Gasteiger partial charge in [-0.05, 0) is 31.2 Å². The first-order valence-electron chi connectivity index (χ1n) is 8.64. The molecule has 1 amide bonds. The third kappa shape index (κ3) is 3.91. The highest BCUT2D eigenvalue weighted by molar-refractivity contribution is 5.94. The van der Waals surface area contributed by atoms with E-state index in [1.54, 1.807) is 18.3 Å². The molecule has 2 heterocycles. The molecule has 0 radical (unpaired) electrons. The predicted octanol–water partition coefficient (Wildman–Crippen LogP) is 1.90. The minimum atomic E-state index is 0.0369. The summed E-state index contributed by atoms with van der Waals surface area (Å²) in [7, 11) is 0. The number of pyridine rings is 1. The molecule has 1 aliphatic rings. The second-order valence-corrected chi connectivity index (χ2v) is 5.92. The fourth-order valence-corrected chi connectivity index (χ4v) is 3.05. The third-order valence-corrected chi connectivity index (χ3v) is 4.35. The zero-order valence-electron chi connectivity index (χ0n) is 14.5. The molecule has 0 spiro atoms. The highest BCUT2D eigenvalue weighted by Gasteiger charge is 2.23. The number of carbonyl (C=O) groups is 1. The van der Waals surface area contributed by atoms with E-state index in [0.717, 1.165) is 30.2 Å². The Kier molecular flexibility index (Phi) is 5.50. The van der Waals surface area contributed by atoms with Gasteiger partial charge in [-0.25, -0.2) is 0 Å². The van der Waals surface area contributed by atoms with E-state index in [1.807, 2.05) is 30.0 Å². The van der Waals surface area contributed by atoms with E-state index < -0.39 is 0 Å². The summed E-state index contributed by atoms with van der Waals surface area (Å²) >= 11 is 0. The monoisotopic (exact) mass is 340 g/mol. The normalized spacial score (nSPS) is 14.5. The van der Waals surface area contributed by atoms with E-state index >= 15 is 0 Å². The molecule has 25 heavy (non-hydrogen) atoms. The second-order valence-electron chi connectivity index (χ2n) is 5.92. The van der Waals surface area contributed by atoms with Crippen molar-refractivity contribution in [2.24, 2.45) is 5.73 Å². The van der Waals surface area contributed by atoms with Crippen molar-refractivity contribution < 1.29 is 9.53 Å². The van der Waals surface area contributed by atoms with E-state index in [-0.39, 0.29) is 5.91 Å². The van der Waals surface area contributed by atoms with E-state index in [0.29, 0.717) is 31.8 Å². The van der Waals surface area contributed by atoms with Gasteiger partial charge >= 0.3 is 0 Å². The standard InChI is InChI=1S/C19H24N4O2/c1-2-25-18-6-4-3-5-17(18)22-9-11-23(12-10-22)19(24)15-7-8-21-16(13-15)14-20/h3-8,13H,2,9-12,14,20H2,1H3. The molecule has 0 unspecified atom stereocenters. The number of hydrogen-bond donors (Lipinski definition) is 1. The highest BCUT2D eigenvalue weighted by atomic mass is 16.5. The van der Waals surface area contributed by atoms with Gasteiger partial charge in [-0.15, -0.1) is 0 Å². The number of amides is 1. The van der Waals surface area contributed by atoms with Crippen molar-refractivity contribution in [1.82, 2.24) is 9.88 Å². The van der Waals surface area contributed by atoms with E-state index in [9.17, 15) is 4.79 Å². The van der Waals surface area contributed by atoms with Gasteiger partial charge in [0.2, 0.25) is 0 Å². The van der Waals surface area contributed by atoms with Crippen molar-refractivity contribution in [3.05, 3.63) is 53.9 Å². The number of ether oxygens (including phenoxy) is 1. The molecule has 6 nitrogen and oxygen atoms in total. The summed E-state index contributed by atoms with van der Waals surface area (Å²) in [6, 6.07) is 11.6. The Morgan fingerprint density at radius 2 is 1.96 bits per heavy atom. The van der Waals surface area contributed by atoms with Crippen molar-refractivity contribution in [2.45, 2.75) is 13.5 Å². The molecule has 1 saturated heterocycles. The van der Waals surface area contributed by atoms with Gasteiger partial charge in [-0.1, -0.05) is 12.1 Å². The Labute approximate surface area is 148 Å². The zero-order valence-corrected chi connectivity index (χ0v) is 14.5. The first-order valence-corrected chi connectivity index (χ1v) is 8.64. The molecule has 132 valence electrons. The fraction of sp³-hybridized carbons (Fsp3) is 0.368. The zero-order chi connectivity index (χ0) is 17.6. The Bertz CT molecular complexity index is 727. The molecular formula is C19H24N4O2. The van der Waals surface area contributed by atoms with E-state index in [1.165, 1.54) is 0 Å². The average molecular weight is 340 g/mol. The van der Waals surface area contributed by atoms with Crippen LogP contribution in [0.5, 0.6) is 5.75 Å². The summed E-state index contributed by atoms with van der Waals surface area (Å²) in [4.78, 5) is 21.0. The van der Waals surface area contributed by atoms with Gasteiger partial charge in [-0.2, -0.15) is 0 Å². The van der Waals surface area contributed by atoms with Crippen LogP contribution in [0.25, 0.3) is 0 Å². The van der Waals surface area contributed by atoms with Gasteiger partial charge in [-0.3, -0.25) is 9.78 Å². The number of aromatic nitrogens is 1. The molecule has 0 saturated carbocycles. The smallest absolute Gasteiger partial charge is 0.254 e. The molecule has 1 aromatic carbocycles. The molecule has 1 fully saturated rings. The minimum absolute atomic E-state index is 0.0369. The number of para-hydroxylation sites is 2. The highest BCUT2D eigenvalue weighted by Crippen LogP contribution is 2.29. The number of nitrogens with two attached hydrogens (primary N) is 1. The van der Waals surface area contributed by atoms with Gasteiger partial charge in [0.1, 0.15) is 5.75 Å². The number of anilines is 1. The van der Waals surface area contributed by atoms with Crippen molar-refractivity contribution >= 4 is 11.6 Å². The molecule has 6 heteroatoms. The Hall–Kier alpha value is -2.60. The van der Waals surface area contributed by atoms with Gasteiger partial charge in [0.15, 0.2) is 0 Å². The van der Waals surface area contributed by atoms with Crippen LogP contribution in [-0.4, -0.2) is 48.6 Å².